The molecule has 0 unspecified atom stereocenters. The van der Waals surface area contributed by atoms with Crippen molar-refractivity contribution in [3.05, 3.63) is 71.7 Å². The predicted octanol–water partition coefficient (Wildman–Crippen LogP) is 4.64. The van der Waals surface area contributed by atoms with E-state index < -0.39 is 0 Å². The second-order valence-electron chi connectivity index (χ2n) is 7.61. The van der Waals surface area contributed by atoms with E-state index in [2.05, 4.69) is 27.6 Å². The Labute approximate surface area is 192 Å². The number of nitrogens with zero attached hydrogens (tertiary/aromatic N) is 3. The maximum Gasteiger partial charge on any atom is 0.256 e. The average Bonchev–Trinajstić information content (AvgIpc) is 3.30. The highest BCUT2D eigenvalue weighted by molar-refractivity contribution is 6.05. The van der Waals surface area contributed by atoms with Crippen LogP contribution in [0.25, 0.3) is 10.8 Å². The highest BCUT2D eigenvalue weighted by Gasteiger charge is 2.12. The first-order chi connectivity index (χ1) is 16.0. The van der Waals surface area contributed by atoms with E-state index in [1.165, 1.54) is 0 Å². The Bertz CT molecular complexity index is 1280. The number of benzene rings is 2. The minimum Gasteiger partial charge on any atom is -0.493 e. The summed E-state index contributed by atoms with van der Waals surface area (Å²) in [5.74, 6) is 1.52. The number of aromatic nitrogens is 3. The Balaban J connectivity index is 1.46. The zero-order valence-corrected chi connectivity index (χ0v) is 19.2. The summed E-state index contributed by atoms with van der Waals surface area (Å²) in [4.78, 5) is 17.3. The summed E-state index contributed by atoms with van der Waals surface area (Å²) in [7, 11) is 3.19. The number of hydrogen-bond acceptors (Lipinski definition) is 6. The number of rotatable bonds is 8. The maximum absolute atomic E-state index is 12.8. The molecule has 33 heavy (non-hydrogen) atoms. The lowest BCUT2D eigenvalue weighted by Crippen LogP contribution is -2.13. The van der Waals surface area contributed by atoms with Gasteiger partial charge in [-0.05, 0) is 61.7 Å². The summed E-state index contributed by atoms with van der Waals surface area (Å²) >= 11 is 0. The van der Waals surface area contributed by atoms with Crippen molar-refractivity contribution in [2.45, 2.75) is 26.9 Å². The largest absolute Gasteiger partial charge is 0.493 e. The average molecular weight is 446 g/mol. The summed E-state index contributed by atoms with van der Waals surface area (Å²) in [5.41, 5.74) is 3.36. The molecule has 2 aromatic heterocycles. The van der Waals surface area contributed by atoms with Crippen molar-refractivity contribution >= 4 is 28.2 Å². The zero-order valence-electron chi connectivity index (χ0n) is 19.2. The number of methoxy groups -OCH3 is 2. The number of anilines is 2. The number of aryl methyl sites for hydroxylation is 2. The van der Waals surface area contributed by atoms with Crippen LogP contribution in [0.1, 0.15) is 28.5 Å². The minimum atomic E-state index is -0.225. The molecule has 0 saturated carbocycles. The van der Waals surface area contributed by atoms with Gasteiger partial charge >= 0.3 is 0 Å². The van der Waals surface area contributed by atoms with E-state index in [1.807, 2.05) is 54.3 Å². The molecule has 4 aromatic rings. The Morgan fingerprint density at radius 2 is 1.79 bits per heavy atom. The number of carbonyl (C=O) groups excluding carboxylic acids is 1. The van der Waals surface area contributed by atoms with Crippen molar-refractivity contribution in [3.8, 4) is 11.5 Å². The fourth-order valence-corrected chi connectivity index (χ4v) is 3.61. The maximum atomic E-state index is 12.8. The fraction of sp³-hybridized carbons (Fsp3) is 0.240. The third-order valence-electron chi connectivity index (χ3n) is 5.42. The van der Waals surface area contributed by atoms with Crippen LogP contribution in [-0.4, -0.2) is 34.9 Å². The molecule has 0 saturated heterocycles. The molecule has 170 valence electrons. The monoisotopic (exact) mass is 445 g/mol. The van der Waals surface area contributed by atoms with Gasteiger partial charge in [-0.2, -0.15) is 5.10 Å². The summed E-state index contributed by atoms with van der Waals surface area (Å²) in [6, 6.07) is 12.9. The third-order valence-corrected chi connectivity index (χ3v) is 5.42. The molecular weight excluding hydrogens is 418 g/mol. The van der Waals surface area contributed by atoms with E-state index in [9.17, 15) is 4.79 Å². The van der Waals surface area contributed by atoms with E-state index >= 15 is 0 Å². The van der Waals surface area contributed by atoms with Crippen LogP contribution in [0.15, 0.2) is 54.9 Å². The smallest absolute Gasteiger partial charge is 0.256 e. The highest BCUT2D eigenvalue weighted by atomic mass is 16.5. The number of amides is 1. The standard InChI is InChI=1S/C25H27N5O3/c1-5-30-15-17(14-27-30)13-26-20-8-6-18(7-9-20)25(31)29-24-11-19-10-22(32-3)23(33-4)12-21(19)16(2)28-24/h6-12,14-15,26H,5,13H2,1-4H3,(H,28,29,31). The topological polar surface area (TPSA) is 90.3 Å². The van der Waals surface area contributed by atoms with Crippen LogP contribution in [0.4, 0.5) is 11.5 Å². The van der Waals surface area contributed by atoms with Crippen LogP contribution < -0.4 is 20.1 Å². The van der Waals surface area contributed by atoms with Gasteiger partial charge in [-0.3, -0.25) is 9.48 Å². The van der Waals surface area contributed by atoms with E-state index in [0.29, 0.717) is 29.4 Å². The number of ether oxygens (including phenoxy) is 2. The van der Waals surface area contributed by atoms with Gasteiger partial charge in [0, 0.05) is 47.2 Å². The number of fused-ring (bicyclic) bond motifs is 1. The molecule has 0 atom stereocenters. The van der Waals surface area contributed by atoms with E-state index in [0.717, 1.165) is 34.3 Å². The quantitative estimate of drug-likeness (QED) is 0.411. The van der Waals surface area contributed by atoms with Crippen LogP contribution in [-0.2, 0) is 13.1 Å². The van der Waals surface area contributed by atoms with Gasteiger partial charge in [0.15, 0.2) is 11.5 Å². The van der Waals surface area contributed by atoms with Crippen molar-refractivity contribution in [3.63, 3.8) is 0 Å². The number of hydrogen-bond donors (Lipinski definition) is 2. The van der Waals surface area contributed by atoms with Gasteiger partial charge < -0.3 is 20.1 Å². The van der Waals surface area contributed by atoms with Crippen LogP contribution in [0.3, 0.4) is 0 Å². The molecule has 8 nitrogen and oxygen atoms in total. The molecule has 1 amide bonds. The second kappa shape index (κ2) is 9.60. The molecule has 0 fully saturated rings. The van der Waals surface area contributed by atoms with Gasteiger partial charge in [0.2, 0.25) is 0 Å². The van der Waals surface area contributed by atoms with Gasteiger partial charge in [0.1, 0.15) is 5.82 Å². The van der Waals surface area contributed by atoms with Crippen molar-refractivity contribution < 1.29 is 14.3 Å². The SMILES string of the molecule is CCn1cc(CNc2ccc(C(=O)Nc3cc4cc(OC)c(OC)cc4c(C)n3)cc2)cn1. The zero-order chi connectivity index (χ0) is 23.4. The summed E-state index contributed by atoms with van der Waals surface area (Å²) < 4.78 is 12.7. The first kappa shape index (κ1) is 22.1. The van der Waals surface area contributed by atoms with Crippen LogP contribution in [0.5, 0.6) is 11.5 Å². The summed E-state index contributed by atoms with van der Waals surface area (Å²) in [5, 5.41) is 12.3. The van der Waals surface area contributed by atoms with E-state index in [1.54, 1.807) is 26.4 Å². The van der Waals surface area contributed by atoms with Crippen LogP contribution in [0.2, 0.25) is 0 Å². The Morgan fingerprint density at radius 3 is 2.45 bits per heavy atom. The molecule has 4 rings (SSSR count). The van der Waals surface area contributed by atoms with Crippen molar-refractivity contribution in [2.24, 2.45) is 0 Å². The van der Waals surface area contributed by atoms with Gasteiger partial charge in [0.05, 0.1) is 20.4 Å². The Kier molecular flexibility index (Phi) is 6.44. The molecule has 0 aliphatic carbocycles. The number of carbonyl (C=O) groups is 1. The third kappa shape index (κ3) is 4.90. The molecule has 0 radical (unpaired) electrons. The first-order valence-corrected chi connectivity index (χ1v) is 10.7. The van der Waals surface area contributed by atoms with Crippen molar-refractivity contribution in [1.29, 1.82) is 0 Å². The predicted molar refractivity (Wildman–Crippen MR) is 129 cm³/mol. The molecule has 8 heteroatoms. The lowest BCUT2D eigenvalue weighted by Gasteiger charge is -2.12. The lowest BCUT2D eigenvalue weighted by atomic mass is 10.1. The Hall–Kier alpha value is -4.07. The molecule has 2 heterocycles. The van der Waals surface area contributed by atoms with Crippen LogP contribution in [0, 0.1) is 6.92 Å². The molecular formula is C25H27N5O3. The molecule has 0 aliphatic rings. The summed E-state index contributed by atoms with van der Waals surface area (Å²) in [6.07, 6.45) is 3.86. The number of nitrogens with one attached hydrogen (secondary N) is 2. The minimum absolute atomic E-state index is 0.225. The molecule has 0 aliphatic heterocycles. The number of pyridine rings is 1. The van der Waals surface area contributed by atoms with Gasteiger partial charge in [-0.15, -0.1) is 0 Å². The molecule has 2 aromatic carbocycles. The van der Waals surface area contributed by atoms with E-state index in [-0.39, 0.29) is 5.91 Å². The van der Waals surface area contributed by atoms with Gasteiger partial charge in [-0.25, -0.2) is 4.98 Å². The highest BCUT2D eigenvalue weighted by Crippen LogP contribution is 2.34. The molecule has 0 spiro atoms. The van der Waals surface area contributed by atoms with Crippen LogP contribution >= 0.6 is 0 Å². The fourth-order valence-electron chi connectivity index (χ4n) is 3.61. The van der Waals surface area contributed by atoms with Gasteiger partial charge in [-0.1, -0.05) is 0 Å². The molecule has 0 bridgehead atoms. The summed E-state index contributed by atoms with van der Waals surface area (Å²) in [6.45, 7) is 5.46. The van der Waals surface area contributed by atoms with E-state index in [4.69, 9.17) is 9.47 Å². The normalized spacial score (nSPS) is 10.8. The van der Waals surface area contributed by atoms with Crippen molar-refractivity contribution in [1.82, 2.24) is 14.8 Å². The Morgan fingerprint density at radius 1 is 1.06 bits per heavy atom. The first-order valence-electron chi connectivity index (χ1n) is 10.7. The van der Waals surface area contributed by atoms with Gasteiger partial charge in [0.25, 0.3) is 5.91 Å². The second-order valence-corrected chi connectivity index (χ2v) is 7.61. The molecule has 2 N–H and O–H groups in total. The van der Waals surface area contributed by atoms with Crippen molar-refractivity contribution in [2.75, 3.05) is 24.9 Å². The lowest BCUT2D eigenvalue weighted by molar-refractivity contribution is 0.102.